The SMILES string of the molecule is CCC1(C(=O)NC(C(=O)O)C(C)(C)C)CCCN1. The van der Waals surface area contributed by atoms with E-state index in [0.29, 0.717) is 6.42 Å². The molecule has 18 heavy (non-hydrogen) atoms. The van der Waals surface area contributed by atoms with Gasteiger partial charge in [0.1, 0.15) is 6.04 Å². The van der Waals surface area contributed by atoms with Crippen LogP contribution in [0.4, 0.5) is 0 Å². The van der Waals surface area contributed by atoms with Gasteiger partial charge in [0.15, 0.2) is 0 Å². The van der Waals surface area contributed by atoms with Gasteiger partial charge >= 0.3 is 5.97 Å². The molecule has 2 unspecified atom stereocenters. The minimum absolute atomic E-state index is 0.190. The maximum Gasteiger partial charge on any atom is 0.326 e. The number of amides is 1. The van der Waals surface area contributed by atoms with Crippen LogP contribution in [-0.4, -0.2) is 35.1 Å². The standard InChI is InChI=1S/C13H24N2O3/c1-5-13(7-6-8-14-13)11(18)15-9(10(16)17)12(2,3)4/h9,14H,5-8H2,1-4H3,(H,15,18)(H,16,17). The van der Waals surface area contributed by atoms with Crippen molar-refractivity contribution in [1.29, 1.82) is 0 Å². The van der Waals surface area contributed by atoms with Gasteiger partial charge in [0.2, 0.25) is 5.91 Å². The van der Waals surface area contributed by atoms with E-state index in [1.165, 1.54) is 0 Å². The molecule has 0 radical (unpaired) electrons. The average Bonchev–Trinajstić information content (AvgIpc) is 2.73. The van der Waals surface area contributed by atoms with Gasteiger partial charge in [-0.05, 0) is 31.2 Å². The Hall–Kier alpha value is -1.10. The van der Waals surface area contributed by atoms with Crippen molar-refractivity contribution < 1.29 is 14.7 Å². The Balaban J connectivity index is 2.81. The van der Waals surface area contributed by atoms with Gasteiger partial charge in [-0.15, -0.1) is 0 Å². The average molecular weight is 256 g/mol. The molecule has 1 fully saturated rings. The summed E-state index contributed by atoms with van der Waals surface area (Å²) >= 11 is 0. The molecule has 0 aromatic rings. The van der Waals surface area contributed by atoms with Crippen molar-refractivity contribution in [2.24, 2.45) is 5.41 Å². The second-order valence-corrected chi connectivity index (χ2v) is 6.08. The molecular formula is C13H24N2O3. The second kappa shape index (κ2) is 5.26. The summed E-state index contributed by atoms with van der Waals surface area (Å²) in [6.07, 6.45) is 2.40. The molecule has 0 aromatic heterocycles. The van der Waals surface area contributed by atoms with Gasteiger partial charge in [-0.3, -0.25) is 4.79 Å². The lowest BCUT2D eigenvalue weighted by atomic mass is 9.85. The van der Waals surface area contributed by atoms with E-state index in [-0.39, 0.29) is 5.91 Å². The van der Waals surface area contributed by atoms with E-state index in [0.717, 1.165) is 19.4 Å². The molecule has 0 aliphatic carbocycles. The van der Waals surface area contributed by atoms with Crippen LogP contribution in [-0.2, 0) is 9.59 Å². The maximum absolute atomic E-state index is 12.3. The van der Waals surface area contributed by atoms with Gasteiger partial charge in [-0.25, -0.2) is 4.79 Å². The molecule has 3 N–H and O–H groups in total. The first kappa shape index (κ1) is 15.0. The fraction of sp³-hybridized carbons (Fsp3) is 0.846. The number of aliphatic carboxylic acids is 1. The van der Waals surface area contributed by atoms with Crippen molar-refractivity contribution in [3.05, 3.63) is 0 Å². The number of carboxylic acids is 1. The maximum atomic E-state index is 12.3. The summed E-state index contributed by atoms with van der Waals surface area (Å²) in [5.74, 6) is -1.18. The van der Waals surface area contributed by atoms with E-state index in [4.69, 9.17) is 0 Å². The first-order valence-corrected chi connectivity index (χ1v) is 6.52. The number of carboxylic acid groups (broad SMARTS) is 1. The highest BCUT2D eigenvalue weighted by molar-refractivity contribution is 5.90. The Kier molecular flexibility index (Phi) is 4.37. The third-order valence-corrected chi connectivity index (χ3v) is 3.67. The summed E-state index contributed by atoms with van der Waals surface area (Å²) in [5.41, 5.74) is -1.09. The number of carbonyl (C=O) groups excluding carboxylic acids is 1. The first-order chi connectivity index (χ1) is 8.23. The molecule has 1 heterocycles. The van der Waals surface area contributed by atoms with Crippen molar-refractivity contribution in [2.75, 3.05) is 6.54 Å². The molecule has 104 valence electrons. The fourth-order valence-corrected chi connectivity index (χ4v) is 2.38. The molecule has 0 spiro atoms. The number of hydrogen-bond donors (Lipinski definition) is 3. The summed E-state index contributed by atoms with van der Waals surface area (Å²) < 4.78 is 0. The van der Waals surface area contributed by atoms with Crippen molar-refractivity contribution in [2.45, 2.75) is 58.5 Å². The monoisotopic (exact) mass is 256 g/mol. The van der Waals surface area contributed by atoms with Gasteiger partial charge in [0.25, 0.3) is 0 Å². The van der Waals surface area contributed by atoms with Gasteiger partial charge in [-0.1, -0.05) is 27.7 Å². The van der Waals surface area contributed by atoms with Crippen LogP contribution >= 0.6 is 0 Å². The lowest BCUT2D eigenvalue weighted by molar-refractivity contribution is -0.146. The molecule has 1 saturated heterocycles. The predicted octanol–water partition coefficient (Wildman–Crippen LogP) is 1.13. The van der Waals surface area contributed by atoms with Gasteiger partial charge in [-0.2, -0.15) is 0 Å². The highest BCUT2D eigenvalue weighted by Crippen LogP contribution is 2.25. The summed E-state index contributed by atoms with van der Waals surface area (Å²) in [5, 5.41) is 15.1. The number of hydrogen-bond acceptors (Lipinski definition) is 3. The van der Waals surface area contributed by atoms with E-state index in [9.17, 15) is 14.7 Å². The van der Waals surface area contributed by atoms with Crippen LogP contribution in [0, 0.1) is 5.41 Å². The van der Waals surface area contributed by atoms with Crippen LogP contribution in [0.1, 0.15) is 47.0 Å². The highest BCUT2D eigenvalue weighted by atomic mass is 16.4. The summed E-state index contributed by atoms with van der Waals surface area (Å²) in [6.45, 7) is 8.20. The molecule has 1 amide bonds. The van der Waals surface area contributed by atoms with Crippen LogP contribution in [0.2, 0.25) is 0 Å². The Labute approximate surface area is 108 Å². The molecule has 1 rings (SSSR count). The van der Waals surface area contributed by atoms with E-state index in [1.807, 2.05) is 27.7 Å². The third-order valence-electron chi connectivity index (χ3n) is 3.67. The van der Waals surface area contributed by atoms with E-state index in [2.05, 4.69) is 10.6 Å². The molecule has 1 aliphatic rings. The zero-order valence-corrected chi connectivity index (χ0v) is 11.7. The van der Waals surface area contributed by atoms with E-state index < -0.39 is 23.0 Å². The third kappa shape index (κ3) is 3.02. The van der Waals surface area contributed by atoms with Crippen LogP contribution in [0.3, 0.4) is 0 Å². The summed E-state index contributed by atoms with van der Waals surface area (Å²) in [7, 11) is 0. The Morgan fingerprint density at radius 2 is 2.06 bits per heavy atom. The molecule has 1 aliphatic heterocycles. The second-order valence-electron chi connectivity index (χ2n) is 6.08. The van der Waals surface area contributed by atoms with Crippen LogP contribution in [0.15, 0.2) is 0 Å². The molecule has 0 aromatic carbocycles. The fourth-order valence-electron chi connectivity index (χ4n) is 2.38. The van der Waals surface area contributed by atoms with Crippen molar-refractivity contribution >= 4 is 11.9 Å². The Morgan fingerprint density at radius 3 is 2.39 bits per heavy atom. The molecular weight excluding hydrogens is 232 g/mol. The van der Waals surface area contributed by atoms with Crippen molar-refractivity contribution in [1.82, 2.24) is 10.6 Å². The number of nitrogens with one attached hydrogen (secondary N) is 2. The lowest BCUT2D eigenvalue weighted by Gasteiger charge is -2.33. The number of rotatable bonds is 4. The van der Waals surface area contributed by atoms with Crippen LogP contribution < -0.4 is 10.6 Å². The summed E-state index contributed by atoms with van der Waals surface area (Å²) in [4.78, 5) is 23.6. The summed E-state index contributed by atoms with van der Waals surface area (Å²) in [6, 6.07) is -0.865. The smallest absolute Gasteiger partial charge is 0.326 e. The lowest BCUT2D eigenvalue weighted by Crippen LogP contribution is -2.59. The van der Waals surface area contributed by atoms with Crippen molar-refractivity contribution in [3.63, 3.8) is 0 Å². The minimum atomic E-state index is -0.986. The Bertz CT molecular complexity index is 328. The van der Waals surface area contributed by atoms with E-state index >= 15 is 0 Å². The molecule has 5 nitrogen and oxygen atoms in total. The molecule has 2 atom stereocenters. The Morgan fingerprint density at radius 1 is 1.44 bits per heavy atom. The van der Waals surface area contributed by atoms with Gasteiger partial charge < -0.3 is 15.7 Å². The van der Waals surface area contributed by atoms with Crippen LogP contribution in [0.25, 0.3) is 0 Å². The molecule has 0 saturated carbocycles. The number of carbonyl (C=O) groups is 2. The topological polar surface area (TPSA) is 78.4 Å². The molecule has 5 heteroatoms. The van der Waals surface area contributed by atoms with Gasteiger partial charge in [0, 0.05) is 0 Å². The first-order valence-electron chi connectivity index (χ1n) is 6.52. The quantitative estimate of drug-likeness (QED) is 0.704. The zero-order chi connectivity index (χ0) is 14.0. The zero-order valence-electron chi connectivity index (χ0n) is 11.7. The van der Waals surface area contributed by atoms with Crippen molar-refractivity contribution in [3.8, 4) is 0 Å². The predicted molar refractivity (Wildman–Crippen MR) is 69.3 cm³/mol. The van der Waals surface area contributed by atoms with Crippen LogP contribution in [0.5, 0.6) is 0 Å². The van der Waals surface area contributed by atoms with E-state index in [1.54, 1.807) is 0 Å². The van der Waals surface area contributed by atoms with Gasteiger partial charge in [0.05, 0.1) is 5.54 Å². The molecule has 0 bridgehead atoms. The highest BCUT2D eigenvalue weighted by Gasteiger charge is 2.42. The minimum Gasteiger partial charge on any atom is -0.480 e. The largest absolute Gasteiger partial charge is 0.480 e. The normalized spacial score (nSPS) is 25.8.